The maximum atomic E-state index is 11.6. The van der Waals surface area contributed by atoms with Gasteiger partial charge in [0, 0.05) is 13.0 Å². The Morgan fingerprint density at radius 3 is 2.62 bits per heavy atom. The molecule has 2 rings (SSSR count). The number of hydrogen-bond donors (Lipinski definition) is 1. The Labute approximate surface area is 98.1 Å². The van der Waals surface area contributed by atoms with E-state index in [1.165, 1.54) is 16.7 Å². The monoisotopic (exact) mass is 245 g/mol. The van der Waals surface area contributed by atoms with Crippen LogP contribution in [0.1, 0.15) is 13.3 Å². The van der Waals surface area contributed by atoms with Gasteiger partial charge in [-0.05, 0) is 6.92 Å². The molecule has 2 atom stereocenters. The van der Waals surface area contributed by atoms with Crippen molar-refractivity contribution in [2.75, 3.05) is 24.7 Å². The fourth-order valence-corrected chi connectivity index (χ4v) is 2.71. The highest BCUT2D eigenvalue weighted by Gasteiger charge is 2.43. The van der Waals surface area contributed by atoms with Crippen LogP contribution in [0.4, 0.5) is 0 Å². The van der Waals surface area contributed by atoms with E-state index in [0.717, 1.165) is 0 Å². The Morgan fingerprint density at radius 2 is 2.12 bits per heavy atom. The van der Waals surface area contributed by atoms with E-state index in [2.05, 4.69) is 0 Å². The van der Waals surface area contributed by atoms with Crippen molar-refractivity contribution in [1.29, 1.82) is 0 Å². The lowest BCUT2D eigenvalue weighted by Crippen LogP contribution is -2.54. The summed E-state index contributed by atoms with van der Waals surface area (Å²) in [4.78, 5) is 24.3. The van der Waals surface area contributed by atoms with E-state index in [1.54, 1.807) is 6.92 Å². The van der Waals surface area contributed by atoms with Crippen molar-refractivity contribution < 1.29 is 19.4 Å². The van der Waals surface area contributed by atoms with Crippen LogP contribution in [0.5, 0.6) is 0 Å². The number of β-amino-alcohol motifs (C(OH)–C–C–N with tert-alkyl or cyclic N) is 1. The van der Waals surface area contributed by atoms with Crippen molar-refractivity contribution in [2.24, 2.45) is 0 Å². The van der Waals surface area contributed by atoms with Gasteiger partial charge in [0.15, 0.2) is 0 Å². The summed E-state index contributed by atoms with van der Waals surface area (Å²) >= 11 is 1.32. The molecule has 0 bridgehead atoms. The summed E-state index contributed by atoms with van der Waals surface area (Å²) in [5.74, 6) is 0.205. The lowest BCUT2D eigenvalue weighted by Gasteiger charge is -2.33. The lowest BCUT2D eigenvalue weighted by atomic mass is 9.96. The highest BCUT2D eigenvalue weighted by molar-refractivity contribution is 8.00. The van der Waals surface area contributed by atoms with E-state index < -0.39 is 5.60 Å². The first-order chi connectivity index (χ1) is 7.53. The Bertz CT molecular complexity index is 306. The number of rotatable bonds is 2. The number of imide groups is 1. The first-order valence-electron chi connectivity index (χ1n) is 5.28. The minimum absolute atomic E-state index is 0.0619. The van der Waals surface area contributed by atoms with Crippen LogP contribution in [0.3, 0.4) is 0 Å². The molecule has 2 fully saturated rings. The van der Waals surface area contributed by atoms with Crippen molar-refractivity contribution in [1.82, 2.24) is 4.90 Å². The molecule has 0 saturated carbocycles. The Kier molecular flexibility index (Phi) is 3.23. The largest absolute Gasteiger partial charge is 0.385 e. The van der Waals surface area contributed by atoms with Gasteiger partial charge in [0.1, 0.15) is 5.60 Å². The van der Waals surface area contributed by atoms with Crippen LogP contribution in [-0.2, 0) is 14.3 Å². The second-order valence-corrected chi connectivity index (χ2v) is 5.22. The van der Waals surface area contributed by atoms with E-state index in [0.29, 0.717) is 24.5 Å². The highest BCUT2D eigenvalue weighted by atomic mass is 32.2. The number of ether oxygens (including phenoxy) is 1. The molecule has 6 heteroatoms. The standard InChI is InChI=1S/C10H15NO4S/c1-7-10(14,2-3-15-7)6-11-8(12)4-16-5-9(11)13/h7,14H,2-6H2,1H3. The molecule has 2 aliphatic rings. The smallest absolute Gasteiger partial charge is 0.239 e. The van der Waals surface area contributed by atoms with Crippen LogP contribution in [0.2, 0.25) is 0 Å². The molecular weight excluding hydrogens is 230 g/mol. The Balaban J connectivity index is 2.07. The fourth-order valence-electron chi connectivity index (χ4n) is 1.95. The van der Waals surface area contributed by atoms with Crippen LogP contribution in [0, 0.1) is 0 Å². The van der Waals surface area contributed by atoms with Gasteiger partial charge in [0.2, 0.25) is 11.8 Å². The molecule has 0 aromatic carbocycles. The molecule has 0 radical (unpaired) electrons. The van der Waals surface area contributed by atoms with Gasteiger partial charge in [0.05, 0.1) is 24.2 Å². The summed E-state index contributed by atoms with van der Waals surface area (Å²) < 4.78 is 5.28. The molecular formula is C10H15NO4S. The Morgan fingerprint density at radius 1 is 1.50 bits per heavy atom. The molecule has 2 aliphatic heterocycles. The number of aliphatic hydroxyl groups is 1. The third-order valence-electron chi connectivity index (χ3n) is 3.14. The molecule has 1 N–H and O–H groups in total. The average molecular weight is 245 g/mol. The number of thioether (sulfide) groups is 1. The number of carbonyl (C=O) groups is 2. The second kappa shape index (κ2) is 4.35. The quantitative estimate of drug-likeness (QED) is 0.672. The van der Waals surface area contributed by atoms with Crippen molar-refractivity contribution in [3.63, 3.8) is 0 Å². The van der Waals surface area contributed by atoms with Gasteiger partial charge in [-0.3, -0.25) is 14.5 Å². The van der Waals surface area contributed by atoms with Crippen LogP contribution in [-0.4, -0.2) is 58.2 Å². The molecule has 90 valence electrons. The minimum Gasteiger partial charge on any atom is -0.385 e. The maximum Gasteiger partial charge on any atom is 0.239 e. The zero-order chi connectivity index (χ0) is 11.8. The molecule has 2 heterocycles. The molecule has 0 aromatic heterocycles. The van der Waals surface area contributed by atoms with Gasteiger partial charge >= 0.3 is 0 Å². The van der Waals surface area contributed by atoms with Crippen LogP contribution >= 0.6 is 11.8 Å². The molecule has 2 saturated heterocycles. The number of carbonyl (C=O) groups excluding carboxylic acids is 2. The normalized spacial score (nSPS) is 35.9. The van der Waals surface area contributed by atoms with E-state index >= 15 is 0 Å². The first kappa shape index (κ1) is 11.9. The molecule has 2 unspecified atom stereocenters. The van der Waals surface area contributed by atoms with Gasteiger partial charge < -0.3 is 9.84 Å². The maximum absolute atomic E-state index is 11.6. The van der Waals surface area contributed by atoms with Crippen molar-refractivity contribution in [3.8, 4) is 0 Å². The molecule has 2 amide bonds. The van der Waals surface area contributed by atoms with E-state index in [9.17, 15) is 14.7 Å². The van der Waals surface area contributed by atoms with Gasteiger partial charge in [-0.15, -0.1) is 11.8 Å². The molecule has 5 nitrogen and oxygen atoms in total. The fraction of sp³-hybridized carbons (Fsp3) is 0.800. The Hall–Kier alpha value is -0.590. The van der Waals surface area contributed by atoms with E-state index in [4.69, 9.17) is 4.74 Å². The second-order valence-electron chi connectivity index (χ2n) is 4.23. The predicted octanol–water partition coefficient (Wildman–Crippen LogP) is -0.372. The number of amides is 2. The summed E-state index contributed by atoms with van der Waals surface area (Å²) in [5.41, 5.74) is -1.08. The van der Waals surface area contributed by atoms with E-state index in [-0.39, 0.29) is 24.5 Å². The summed E-state index contributed by atoms with van der Waals surface area (Å²) in [6, 6.07) is 0. The summed E-state index contributed by atoms with van der Waals surface area (Å²) in [7, 11) is 0. The lowest BCUT2D eigenvalue weighted by molar-refractivity contribution is -0.147. The molecule has 0 spiro atoms. The SMILES string of the molecule is CC1OCCC1(O)CN1C(=O)CSCC1=O. The molecule has 0 aromatic rings. The predicted molar refractivity (Wildman–Crippen MR) is 59.0 cm³/mol. The number of nitrogens with zero attached hydrogens (tertiary/aromatic N) is 1. The highest BCUT2D eigenvalue weighted by Crippen LogP contribution is 2.28. The van der Waals surface area contributed by atoms with E-state index in [1.807, 2.05) is 0 Å². The average Bonchev–Trinajstić information content (AvgIpc) is 2.54. The van der Waals surface area contributed by atoms with Crippen molar-refractivity contribution >= 4 is 23.6 Å². The first-order valence-corrected chi connectivity index (χ1v) is 6.43. The summed E-state index contributed by atoms with van der Waals surface area (Å²) in [5, 5.41) is 10.3. The van der Waals surface area contributed by atoms with Crippen molar-refractivity contribution in [3.05, 3.63) is 0 Å². The van der Waals surface area contributed by atoms with Gasteiger partial charge in [-0.1, -0.05) is 0 Å². The number of hydrogen-bond acceptors (Lipinski definition) is 5. The van der Waals surface area contributed by atoms with Gasteiger partial charge in [-0.2, -0.15) is 0 Å². The third kappa shape index (κ3) is 2.09. The van der Waals surface area contributed by atoms with Crippen LogP contribution in [0.15, 0.2) is 0 Å². The van der Waals surface area contributed by atoms with Gasteiger partial charge in [0.25, 0.3) is 0 Å². The zero-order valence-corrected chi connectivity index (χ0v) is 9.96. The minimum atomic E-state index is -1.08. The molecule has 16 heavy (non-hydrogen) atoms. The summed E-state index contributed by atoms with van der Waals surface area (Å²) in [6.45, 7) is 2.30. The summed E-state index contributed by atoms with van der Waals surface area (Å²) in [6.07, 6.45) is 0.140. The zero-order valence-electron chi connectivity index (χ0n) is 9.14. The third-order valence-corrected chi connectivity index (χ3v) is 4.05. The van der Waals surface area contributed by atoms with Crippen molar-refractivity contribution in [2.45, 2.75) is 25.0 Å². The van der Waals surface area contributed by atoms with Crippen LogP contribution < -0.4 is 0 Å². The molecule has 0 aliphatic carbocycles. The van der Waals surface area contributed by atoms with Gasteiger partial charge in [-0.25, -0.2) is 0 Å². The topological polar surface area (TPSA) is 66.8 Å². The van der Waals surface area contributed by atoms with Crippen LogP contribution in [0.25, 0.3) is 0 Å².